The Balaban J connectivity index is 0.00000714. The molecule has 12 aromatic rings. The number of benzene rings is 12. The number of rotatable bonds is 13. The van der Waals surface area contributed by atoms with E-state index in [9.17, 15) is 33.7 Å². The molecule has 3 heterocycles. The molecule has 0 amide bonds. The molecule has 88 heavy (non-hydrogen) atoms. The Morgan fingerprint density at radius 2 is 0.352 bits per heavy atom. The highest BCUT2D eigenvalue weighted by molar-refractivity contribution is 8.64. The zero-order chi connectivity index (χ0) is 58.9. The van der Waals surface area contributed by atoms with Crippen LogP contribution in [0.3, 0.4) is 0 Å². The van der Waals surface area contributed by atoms with Crippen molar-refractivity contribution in [2.75, 3.05) is 0 Å². The van der Waals surface area contributed by atoms with Crippen LogP contribution in [-0.4, -0.2) is 18.7 Å². The lowest BCUT2D eigenvalue weighted by Crippen LogP contribution is -3.00. The van der Waals surface area contributed by atoms with E-state index in [1.807, 2.05) is 0 Å². The van der Waals surface area contributed by atoms with E-state index in [1.54, 1.807) is 0 Å². The molecule has 3 atom stereocenters. The number of hydrogen-bond acceptors (Lipinski definition) is 0. The number of fused-ring (bicyclic) bond motifs is 3. The lowest BCUT2D eigenvalue weighted by atomic mass is 10.4. The zero-order valence-corrected chi connectivity index (χ0v) is 57.9. The molecule has 0 aromatic heterocycles. The average Bonchev–Trinajstić information content (AvgIpc) is 0.638. The molecule has 0 spiro atoms. The smallest absolute Gasteiger partial charge is 0.200 e. The van der Waals surface area contributed by atoms with Gasteiger partial charge in [0, 0.05) is 14.3 Å². The standard InChI is InChI=1S/C76H60Cl3P8.ClH/c77-81-73(84(61-37-13-1-14-38-61,62-39-15-2-16-40-62)63-41-17-3-18-42-63)80-74(85(64-43-19-4-20-44-64,65-45-21-5-22-46-65)66-47-23-6-24-48-66)82(78)76(81,87(70-55-31-10-32-56-70,71-57-33-11-34-58-71)72-59-35-12-36-60-72)83(79)75(80)86(67-49-25-7-26-50-67,68-51-27-8-28-52-68)69-53-29-9-30-54-69;/h1-60H;1H/q+1;/p-1. The second-order valence-electron chi connectivity index (χ2n) is 21.4. The molecule has 432 valence electrons. The van der Waals surface area contributed by atoms with Crippen molar-refractivity contribution in [3.05, 3.63) is 364 Å². The van der Waals surface area contributed by atoms with Crippen LogP contribution in [0.15, 0.2) is 364 Å². The molecule has 3 aliphatic rings. The van der Waals surface area contributed by atoms with Crippen LogP contribution in [0.4, 0.5) is 0 Å². The van der Waals surface area contributed by atoms with Crippen LogP contribution in [0.1, 0.15) is 0 Å². The molecule has 3 unspecified atom stereocenters. The van der Waals surface area contributed by atoms with E-state index in [1.165, 1.54) is 78.0 Å². The number of halogens is 4. The Kier molecular flexibility index (Phi) is 18.6. The van der Waals surface area contributed by atoms with E-state index in [0.29, 0.717) is 0 Å². The van der Waals surface area contributed by atoms with Crippen LogP contribution in [-0.2, 0) is 0 Å². The molecule has 0 saturated carbocycles. The van der Waals surface area contributed by atoms with Gasteiger partial charge in [-0.05, 0) is 113 Å². The summed E-state index contributed by atoms with van der Waals surface area (Å²) >= 11 is 29.9. The largest absolute Gasteiger partial charge is 1.00 e. The van der Waals surface area contributed by atoms with Crippen molar-refractivity contribution in [3.63, 3.8) is 0 Å². The van der Waals surface area contributed by atoms with Crippen molar-refractivity contribution in [2.45, 2.75) is 4.38 Å². The fraction of sp³-hybridized carbons (Fsp3) is 0.0132. The maximum Gasteiger partial charge on any atom is 0.200 e. The topological polar surface area (TPSA) is 0 Å². The molecule has 12 heteroatoms. The van der Waals surface area contributed by atoms with E-state index < -0.39 is 62.0 Å². The van der Waals surface area contributed by atoms with Crippen LogP contribution < -0.4 is 76.1 Å². The van der Waals surface area contributed by atoms with Crippen LogP contribution in [0.5, 0.6) is 0 Å². The third-order valence-corrected chi connectivity index (χ3v) is 66.2. The molecule has 15 rings (SSSR count). The van der Waals surface area contributed by atoms with Gasteiger partial charge in [0.1, 0.15) is 23.2 Å². The number of hydrogen-bond donors (Lipinski definition) is 0. The van der Waals surface area contributed by atoms with Gasteiger partial charge in [-0.1, -0.05) is 361 Å². The van der Waals surface area contributed by atoms with E-state index in [2.05, 4.69) is 364 Å². The third kappa shape index (κ3) is 9.59. The quantitative estimate of drug-likeness (QED) is 0.101. The summed E-state index contributed by atoms with van der Waals surface area (Å²) in [5.74, 6) is 0. The summed E-state index contributed by atoms with van der Waals surface area (Å²) in [6.45, 7) is -9.52. The molecule has 0 nitrogen and oxygen atoms in total. The maximum absolute atomic E-state index is 9.96. The van der Waals surface area contributed by atoms with Gasteiger partial charge in [0.05, 0.1) is 21.8 Å². The highest BCUT2D eigenvalue weighted by atomic mass is 35.7. The van der Waals surface area contributed by atoms with Crippen molar-refractivity contribution in [3.8, 4) is 0 Å². The summed E-state index contributed by atoms with van der Waals surface area (Å²) < 4.78 is 3.20. The van der Waals surface area contributed by atoms with Crippen LogP contribution in [0.25, 0.3) is 0 Å². The van der Waals surface area contributed by atoms with Crippen molar-refractivity contribution >= 4 is 169 Å². The van der Waals surface area contributed by atoms with Gasteiger partial charge in [0.2, 0.25) is 4.38 Å². The SMILES string of the molecule is ClP1C(=P(c2ccccc2)(c2ccccc2)c2ccccc2)P2C(=P(c3ccccc3)(c3ccccc3)c3ccccc3)P(Cl)C1([P+](c1ccccc1)(c1ccccc1)c1ccccc1)P(Cl)C2=P(c1ccccc1)(c1ccccc1)c1ccccc1.[Cl-]. The Bertz CT molecular complexity index is 3730. The average molecular weight is 1360 g/mol. The van der Waals surface area contributed by atoms with Crippen LogP contribution in [0, 0.1) is 0 Å². The Labute approximate surface area is 545 Å². The first-order chi connectivity index (χ1) is 43.0. The van der Waals surface area contributed by atoms with Gasteiger partial charge in [-0.15, -0.1) is 0 Å². The van der Waals surface area contributed by atoms with Gasteiger partial charge in [-0.2, -0.15) is 0 Å². The molecule has 3 aliphatic heterocycles. The fourth-order valence-corrected chi connectivity index (χ4v) is 81.7. The van der Waals surface area contributed by atoms with Crippen molar-refractivity contribution in [1.29, 1.82) is 0 Å². The van der Waals surface area contributed by atoms with Gasteiger partial charge < -0.3 is 12.4 Å². The Morgan fingerprint density at radius 3 is 0.500 bits per heavy atom. The summed E-state index contributed by atoms with van der Waals surface area (Å²) in [5, 5.41) is 15.0. The van der Waals surface area contributed by atoms with Gasteiger partial charge in [0.25, 0.3) is 0 Å². The van der Waals surface area contributed by atoms with Crippen molar-refractivity contribution in [1.82, 2.24) is 0 Å². The molecule has 3 saturated heterocycles. The van der Waals surface area contributed by atoms with E-state index in [-0.39, 0.29) is 12.4 Å². The maximum atomic E-state index is 9.96. The molecule has 0 radical (unpaired) electrons. The minimum Gasteiger partial charge on any atom is -1.00 e. The van der Waals surface area contributed by atoms with Gasteiger partial charge in [0.15, 0.2) is 0 Å². The lowest BCUT2D eigenvalue weighted by Gasteiger charge is -2.64. The summed E-state index contributed by atoms with van der Waals surface area (Å²) in [7, 11) is -10.8. The van der Waals surface area contributed by atoms with Crippen LogP contribution >= 0.6 is 91.4 Å². The molecule has 3 fully saturated rings. The van der Waals surface area contributed by atoms with Crippen molar-refractivity contribution < 1.29 is 12.4 Å². The van der Waals surface area contributed by atoms with Crippen LogP contribution in [0.2, 0.25) is 0 Å². The summed E-state index contributed by atoms with van der Waals surface area (Å²) in [4.78, 5) is 0. The first kappa shape index (κ1) is 61.7. The highest BCUT2D eigenvalue weighted by Gasteiger charge is 2.82. The van der Waals surface area contributed by atoms with Gasteiger partial charge >= 0.3 is 0 Å². The monoisotopic (exact) mass is 1360 g/mol. The molecule has 0 aliphatic carbocycles. The van der Waals surface area contributed by atoms with Crippen molar-refractivity contribution in [2.24, 2.45) is 0 Å². The Hall–Kier alpha value is -5.15. The fourth-order valence-electron chi connectivity index (χ4n) is 13.6. The molecular formula is C76H60Cl4P8. The minimum atomic E-state index is -3.34. The minimum absolute atomic E-state index is 0. The first-order valence-corrected chi connectivity index (χ1v) is 44.3. The molecule has 2 bridgehead atoms. The third-order valence-electron chi connectivity index (χ3n) is 17.0. The van der Waals surface area contributed by atoms with E-state index in [4.69, 9.17) is 0 Å². The van der Waals surface area contributed by atoms with E-state index in [0.717, 1.165) is 0 Å². The summed E-state index contributed by atoms with van der Waals surface area (Å²) in [5.41, 5.74) is 0. The second-order valence-corrected chi connectivity index (χ2v) is 50.3. The second kappa shape index (κ2) is 26.6. The van der Waals surface area contributed by atoms with E-state index >= 15 is 0 Å². The predicted octanol–water partition coefficient (Wildman–Crippen LogP) is 15.3. The lowest BCUT2D eigenvalue weighted by molar-refractivity contribution is -0.0000156. The summed E-state index contributed by atoms with van der Waals surface area (Å²) in [6, 6.07) is 138. The predicted molar refractivity (Wildman–Crippen MR) is 404 cm³/mol. The molecule has 12 aromatic carbocycles. The first-order valence-electron chi connectivity index (χ1n) is 29.0. The highest BCUT2D eigenvalue weighted by Crippen LogP contribution is 3.11. The summed E-state index contributed by atoms with van der Waals surface area (Å²) in [6.07, 6.45) is 0. The van der Waals surface area contributed by atoms with Gasteiger partial charge in [-0.3, -0.25) is 0 Å². The van der Waals surface area contributed by atoms with Gasteiger partial charge in [-0.25, -0.2) is 0 Å². The Morgan fingerprint density at radius 1 is 0.216 bits per heavy atom. The zero-order valence-electron chi connectivity index (χ0n) is 47.7. The molecular weight excluding hydrogens is 1300 g/mol. The molecule has 0 N–H and O–H groups in total. The normalized spacial score (nSPS) is 18.5.